The van der Waals surface area contributed by atoms with Crippen LogP contribution in [0.15, 0.2) is 12.5 Å². The number of amides is 1. The van der Waals surface area contributed by atoms with Gasteiger partial charge in [0, 0.05) is 24.7 Å². The standard InChI is InChI=1S/C19H23N5O/c1-12-16(13(2)22-11-21-12)18(25)24-8-4-6-19(10-24)7-5-15-9-20-14(3)23-17(15)19/h9,11H,4-8,10H2,1-3H3. The van der Waals surface area contributed by atoms with Crippen molar-refractivity contribution >= 4 is 5.91 Å². The monoisotopic (exact) mass is 337 g/mol. The molecular weight excluding hydrogens is 314 g/mol. The second kappa shape index (κ2) is 5.86. The molecule has 1 fully saturated rings. The number of aromatic nitrogens is 4. The average Bonchev–Trinajstić information content (AvgIpc) is 2.92. The molecular formula is C19H23N5O. The van der Waals surface area contributed by atoms with E-state index in [1.165, 1.54) is 11.9 Å². The number of rotatable bonds is 1. The van der Waals surface area contributed by atoms with Gasteiger partial charge in [-0.2, -0.15) is 0 Å². The lowest BCUT2D eigenvalue weighted by Gasteiger charge is -2.40. The first kappa shape index (κ1) is 16.1. The smallest absolute Gasteiger partial charge is 0.257 e. The van der Waals surface area contributed by atoms with E-state index in [0.717, 1.165) is 61.7 Å². The Kier molecular flexibility index (Phi) is 3.78. The van der Waals surface area contributed by atoms with Crippen molar-refractivity contribution in [3.63, 3.8) is 0 Å². The number of likely N-dealkylation sites (tertiary alicyclic amines) is 1. The van der Waals surface area contributed by atoms with Crippen LogP contribution in [0.1, 0.15) is 58.1 Å². The van der Waals surface area contributed by atoms with Crippen molar-refractivity contribution in [3.05, 3.63) is 46.6 Å². The summed E-state index contributed by atoms with van der Waals surface area (Å²) in [5.41, 5.74) is 4.54. The van der Waals surface area contributed by atoms with E-state index >= 15 is 0 Å². The van der Waals surface area contributed by atoms with Gasteiger partial charge in [0.1, 0.15) is 12.2 Å². The molecule has 1 spiro atoms. The number of nitrogens with zero attached hydrogens (tertiary/aromatic N) is 5. The van der Waals surface area contributed by atoms with Crippen molar-refractivity contribution in [2.24, 2.45) is 0 Å². The van der Waals surface area contributed by atoms with Gasteiger partial charge in [-0.1, -0.05) is 0 Å². The molecule has 0 N–H and O–H groups in total. The summed E-state index contributed by atoms with van der Waals surface area (Å²) in [6, 6.07) is 0. The van der Waals surface area contributed by atoms with Gasteiger partial charge in [0.15, 0.2) is 0 Å². The number of carbonyl (C=O) groups is 1. The van der Waals surface area contributed by atoms with Crippen molar-refractivity contribution in [1.29, 1.82) is 0 Å². The highest BCUT2D eigenvalue weighted by Gasteiger charge is 2.45. The highest BCUT2D eigenvalue weighted by Crippen LogP contribution is 2.44. The fraction of sp³-hybridized carbons (Fsp3) is 0.526. The Hall–Kier alpha value is -2.37. The molecule has 0 saturated carbocycles. The van der Waals surface area contributed by atoms with Crippen LogP contribution in [0, 0.1) is 20.8 Å². The summed E-state index contributed by atoms with van der Waals surface area (Å²) in [5.74, 6) is 0.862. The molecule has 2 aliphatic rings. The third-order valence-electron chi connectivity index (χ3n) is 5.66. The number of hydrogen-bond donors (Lipinski definition) is 0. The van der Waals surface area contributed by atoms with Gasteiger partial charge in [-0.25, -0.2) is 19.9 Å². The number of piperidine rings is 1. The largest absolute Gasteiger partial charge is 0.338 e. The summed E-state index contributed by atoms with van der Waals surface area (Å²) in [4.78, 5) is 32.7. The van der Waals surface area contributed by atoms with Crippen molar-refractivity contribution < 1.29 is 4.79 Å². The first-order valence-corrected chi connectivity index (χ1v) is 8.91. The lowest BCUT2D eigenvalue weighted by atomic mass is 9.77. The van der Waals surface area contributed by atoms with E-state index in [1.807, 2.05) is 31.9 Å². The molecule has 6 heteroatoms. The normalized spacial score (nSPS) is 22.3. The Labute approximate surface area is 147 Å². The molecule has 0 bridgehead atoms. The zero-order valence-electron chi connectivity index (χ0n) is 15.0. The molecule has 130 valence electrons. The summed E-state index contributed by atoms with van der Waals surface area (Å²) in [5, 5.41) is 0. The fourth-order valence-corrected chi connectivity index (χ4v) is 4.39. The molecule has 1 aliphatic carbocycles. The molecule has 3 heterocycles. The van der Waals surface area contributed by atoms with Crippen LogP contribution in [-0.4, -0.2) is 43.8 Å². The van der Waals surface area contributed by atoms with E-state index in [4.69, 9.17) is 4.98 Å². The molecule has 1 saturated heterocycles. The van der Waals surface area contributed by atoms with Gasteiger partial charge in [-0.05, 0) is 52.0 Å². The molecule has 2 aromatic rings. The van der Waals surface area contributed by atoms with Gasteiger partial charge in [0.25, 0.3) is 5.91 Å². The van der Waals surface area contributed by atoms with Crippen LogP contribution in [-0.2, 0) is 11.8 Å². The van der Waals surface area contributed by atoms with E-state index in [-0.39, 0.29) is 11.3 Å². The van der Waals surface area contributed by atoms with Crippen molar-refractivity contribution in [2.45, 2.75) is 51.9 Å². The summed E-state index contributed by atoms with van der Waals surface area (Å²) < 4.78 is 0. The van der Waals surface area contributed by atoms with Crippen LogP contribution >= 0.6 is 0 Å². The van der Waals surface area contributed by atoms with Crippen LogP contribution in [0.5, 0.6) is 0 Å². The SMILES string of the molecule is Cc1ncc2c(n1)C1(CCCN(C(=O)c3c(C)ncnc3C)C1)CC2. The number of aryl methyl sites for hydroxylation is 4. The van der Waals surface area contributed by atoms with Crippen molar-refractivity contribution in [3.8, 4) is 0 Å². The van der Waals surface area contributed by atoms with E-state index < -0.39 is 0 Å². The molecule has 0 radical (unpaired) electrons. The zero-order valence-corrected chi connectivity index (χ0v) is 15.0. The third-order valence-corrected chi connectivity index (χ3v) is 5.66. The summed E-state index contributed by atoms with van der Waals surface area (Å²) in [7, 11) is 0. The maximum atomic E-state index is 13.2. The van der Waals surface area contributed by atoms with Gasteiger partial charge < -0.3 is 4.90 Å². The first-order chi connectivity index (χ1) is 12.0. The summed E-state index contributed by atoms with van der Waals surface area (Å²) >= 11 is 0. The minimum atomic E-state index is -0.0195. The fourth-order valence-electron chi connectivity index (χ4n) is 4.39. The van der Waals surface area contributed by atoms with Gasteiger partial charge >= 0.3 is 0 Å². The Morgan fingerprint density at radius 1 is 1.12 bits per heavy atom. The maximum absolute atomic E-state index is 13.2. The maximum Gasteiger partial charge on any atom is 0.257 e. The van der Waals surface area contributed by atoms with Crippen LogP contribution in [0.3, 0.4) is 0 Å². The topological polar surface area (TPSA) is 71.9 Å². The first-order valence-electron chi connectivity index (χ1n) is 8.91. The van der Waals surface area contributed by atoms with Gasteiger partial charge in [-0.3, -0.25) is 4.79 Å². The zero-order chi connectivity index (χ0) is 17.6. The second-order valence-electron chi connectivity index (χ2n) is 7.32. The lowest BCUT2D eigenvalue weighted by molar-refractivity contribution is 0.0630. The quantitative estimate of drug-likeness (QED) is 0.798. The molecule has 1 unspecified atom stereocenters. The summed E-state index contributed by atoms with van der Waals surface area (Å²) in [6.45, 7) is 7.20. The van der Waals surface area contributed by atoms with Crippen molar-refractivity contribution in [1.82, 2.24) is 24.8 Å². The molecule has 1 aliphatic heterocycles. The lowest BCUT2D eigenvalue weighted by Crippen LogP contribution is -2.48. The molecule has 4 rings (SSSR count). The number of fused-ring (bicyclic) bond motifs is 2. The highest BCUT2D eigenvalue weighted by molar-refractivity contribution is 5.96. The van der Waals surface area contributed by atoms with E-state index in [2.05, 4.69) is 15.0 Å². The Bertz CT molecular complexity index is 825. The molecule has 0 aromatic carbocycles. The molecule has 1 amide bonds. The second-order valence-corrected chi connectivity index (χ2v) is 7.32. The molecule has 1 atom stereocenters. The van der Waals surface area contributed by atoms with E-state index in [1.54, 1.807) is 0 Å². The Morgan fingerprint density at radius 3 is 2.64 bits per heavy atom. The number of carbonyl (C=O) groups excluding carboxylic acids is 1. The third kappa shape index (κ3) is 2.60. The minimum Gasteiger partial charge on any atom is -0.338 e. The van der Waals surface area contributed by atoms with Crippen LogP contribution in [0.2, 0.25) is 0 Å². The highest BCUT2D eigenvalue weighted by atomic mass is 16.2. The van der Waals surface area contributed by atoms with Gasteiger partial charge in [0.2, 0.25) is 0 Å². The molecule has 6 nitrogen and oxygen atoms in total. The van der Waals surface area contributed by atoms with Gasteiger partial charge in [-0.15, -0.1) is 0 Å². The average molecular weight is 337 g/mol. The number of hydrogen-bond acceptors (Lipinski definition) is 5. The van der Waals surface area contributed by atoms with Crippen molar-refractivity contribution in [2.75, 3.05) is 13.1 Å². The van der Waals surface area contributed by atoms with Crippen LogP contribution in [0.25, 0.3) is 0 Å². The Morgan fingerprint density at radius 2 is 1.88 bits per heavy atom. The molecule has 2 aromatic heterocycles. The summed E-state index contributed by atoms with van der Waals surface area (Å²) in [6.07, 6.45) is 7.62. The minimum absolute atomic E-state index is 0.0195. The predicted octanol–water partition coefficient (Wildman–Crippen LogP) is 2.31. The van der Waals surface area contributed by atoms with E-state index in [9.17, 15) is 4.79 Å². The van der Waals surface area contributed by atoms with Crippen LogP contribution in [0.4, 0.5) is 0 Å². The molecule has 25 heavy (non-hydrogen) atoms. The Balaban J connectivity index is 1.67. The van der Waals surface area contributed by atoms with Gasteiger partial charge in [0.05, 0.1) is 22.6 Å². The van der Waals surface area contributed by atoms with E-state index in [0.29, 0.717) is 5.56 Å². The van der Waals surface area contributed by atoms with Crippen LogP contribution < -0.4 is 0 Å². The predicted molar refractivity (Wildman–Crippen MR) is 93.4 cm³/mol.